The monoisotopic (exact) mass is 500 g/mol. The summed E-state index contributed by atoms with van der Waals surface area (Å²) >= 11 is 1.29. The predicted molar refractivity (Wildman–Crippen MR) is 128 cm³/mol. The van der Waals surface area contributed by atoms with Crippen LogP contribution in [0.25, 0.3) is 0 Å². The first kappa shape index (κ1) is 23.9. The van der Waals surface area contributed by atoms with Crippen LogP contribution >= 0.6 is 11.3 Å². The number of hydroxylamine groups is 1. The van der Waals surface area contributed by atoms with Crippen LogP contribution in [0.2, 0.25) is 0 Å². The lowest BCUT2D eigenvalue weighted by Gasteiger charge is -2.32. The number of ether oxygens (including phenoxy) is 1. The van der Waals surface area contributed by atoms with Crippen molar-refractivity contribution in [3.63, 3.8) is 0 Å². The zero-order valence-electron chi connectivity index (χ0n) is 18.2. The number of thiophene rings is 1. The van der Waals surface area contributed by atoms with Gasteiger partial charge in [0.2, 0.25) is 5.91 Å². The average Bonchev–Trinajstić information content (AvgIpc) is 3.34. The summed E-state index contributed by atoms with van der Waals surface area (Å²) < 4.78 is 31.4. The van der Waals surface area contributed by atoms with Crippen LogP contribution in [0.4, 0.5) is 0 Å². The van der Waals surface area contributed by atoms with E-state index in [1.165, 1.54) is 16.2 Å². The van der Waals surface area contributed by atoms with E-state index in [0.717, 1.165) is 0 Å². The van der Waals surface area contributed by atoms with Gasteiger partial charge in [-0.1, -0.05) is 36.4 Å². The smallest absolute Gasteiger partial charge is 0.263 e. The summed E-state index contributed by atoms with van der Waals surface area (Å²) in [6.45, 7) is 0.174. The molecule has 1 atom stereocenters. The maximum absolute atomic E-state index is 13.6. The van der Waals surface area contributed by atoms with Crippen molar-refractivity contribution in [3.8, 4) is 11.5 Å². The van der Waals surface area contributed by atoms with E-state index >= 15 is 0 Å². The molecule has 2 amide bonds. The molecular weight excluding hydrogens is 476 g/mol. The fraction of sp³-hybridized carbons (Fsp3) is 0.250. The Morgan fingerprint density at radius 1 is 1.00 bits per heavy atom. The number of nitrogens with zero attached hydrogens (tertiary/aromatic N) is 1. The van der Waals surface area contributed by atoms with E-state index in [1.807, 2.05) is 18.2 Å². The van der Waals surface area contributed by atoms with E-state index in [9.17, 15) is 18.0 Å². The molecule has 0 spiro atoms. The Balaban J connectivity index is 1.66. The molecule has 0 aliphatic carbocycles. The van der Waals surface area contributed by atoms with Gasteiger partial charge in [0.15, 0.2) is 9.84 Å². The fourth-order valence-corrected chi connectivity index (χ4v) is 6.93. The Hall–Kier alpha value is -3.21. The van der Waals surface area contributed by atoms with Crippen molar-refractivity contribution in [2.24, 2.45) is 0 Å². The maximum Gasteiger partial charge on any atom is 0.263 e. The molecule has 2 heterocycles. The lowest BCUT2D eigenvalue weighted by atomic mass is 9.90. The van der Waals surface area contributed by atoms with Gasteiger partial charge >= 0.3 is 0 Å². The highest BCUT2D eigenvalue weighted by atomic mass is 32.2. The molecule has 4 rings (SSSR count). The largest absolute Gasteiger partial charge is 0.457 e. The number of hydrogen-bond donors (Lipinski definition) is 2. The summed E-state index contributed by atoms with van der Waals surface area (Å²) in [6, 6.07) is 19.2. The Morgan fingerprint density at radius 2 is 1.71 bits per heavy atom. The van der Waals surface area contributed by atoms with Crippen LogP contribution in [0, 0.1) is 0 Å². The molecule has 0 bridgehead atoms. The van der Waals surface area contributed by atoms with Crippen molar-refractivity contribution >= 4 is 33.0 Å². The Bertz CT molecular complexity index is 1240. The zero-order chi connectivity index (χ0) is 24.2. The standard InChI is InChI=1S/C24H24N2O6S2/c27-22(25-29)17-24(18-8-10-20(11-9-18)32-19-5-2-1-3-6-19)12-13-26(14-16-34(24,30)31)23(28)21-7-4-15-33-21/h1-11,15,29H,12-14,16-17H2,(H,25,27). The van der Waals surface area contributed by atoms with Gasteiger partial charge < -0.3 is 9.64 Å². The number of nitrogens with one attached hydrogen (secondary N) is 1. The number of hydrogen-bond acceptors (Lipinski definition) is 7. The first-order valence-corrected chi connectivity index (χ1v) is 13.2. The molecule has 1 unspecified atom stereocenters. The van der Waals surface area contributed by atoms with E-state index in [4.69, 9.17) is 9.94 Å². The van der Waals surface area contributed by atoms with Crippen LogP contribution in [0.1, 0.15) is 28.1 Å². The van der Waals surface area contributed by atoms with E-state index in [-0.39, 0.29) is 31.2 Å². The summed E-state index contributed by atoms with van der Waals surface area (Å²) in [7, 11) is -3.89. The van der Waals surface area contributed by atoms with Crippen molar-refractivity contribution in [2.75, 3.05) is 18.8 Å². The molecule has 2 N–H and O–H groups in total. The molecule has 2 aromatic carbocycles. The highest BCUT2D eigenvalue weighted by Gasteiger charge is 2.49. The first-order chi connectivity index (χ1) is 16.3. The second-order valence-corrected chi connectivity index (χ2v) is 11.4. The number of carbonyl (C=O) groups excluding carboxylic acids is 2. The Kier molecular flexibility index (Phi) is 7.01. The second kappa shape index (κ2) is 9.96. The molecule has 178 valence electrons. The molecule has 10 heteroatoms. The molecular formula is C24H24N2O6S2. The third-order valence-corrected chi connectivity index (χ3v) is 9.31. The Labute approximate surface area is 201 Å². The van der Waals surface area contributed by atoms with Gasteiger partial charge in [-0.3, -0.25) is 14.8 Å². The Morgan fingerprint density at radius 3 is 2.35 bits per heavy atom. The SMILES string of the molecule is O=C(CC1(c2ccc(Oc3ccccc3)cc2)CCN(C(=O)c2cccs2)CCS1(=O)=O)NO. The molecule has 3 aromatic rings. The summed E-state index contributed by atoms with van der Waals surface area (Å²) in [4.78, 5) is 27.2. The van der Waals surface area contributed by atoms with E-state index in [1.54, 1.807) is 59.4 Å². The minimum Gasteiger partial charge on any atom is -0.457 e. The molecule has 1 saturated heterocycles. The predicted octanol–water partition coefficient (Wildman–Crippen LogP) is 3.59. The van der Waals surface area contributed by atoms with E-state index in [0.29, 0.717) is 21.9 Å². The molecule has 0 saturated carbocycles. The zero-order valence-corrected chi connectivity index (χ0v) is 19.8. The summed E-state index contributed by atoms with van der Waals surface area (Å²) in [5, 5.41) is 11.0. The number of benzene rings is 2. The van der Waals surface area contributed by atoms with Crippen LogP contribution in [0.3, 0.4) is 0 Å². The molecule has 8 nitrogen and oxygen atoms in total. The maximum atomic E-state index is 13.6. The summed E-state index contributed by atoms with van der Waals surface area (Å²) in [6.07, 6.45) is -0.454. The summed E-state index contributed by atoms with van der Waals surface area (Å²) in [5.41, 5.74) is 1.96. The third kappa shape index (κ3) is 4.84. The van der Waals surface area contributed by atoms with Crippen LogP contribution in [-0.2, 0) is 19.4 Å². The number of sulfone groups is 1. The van der Waals surface area contributed by atoms with Crippen molar-refractivity contribution in [1.29, 1.82) is 0 Å². The van der Waals surface area contributed by atoms with Crippen molar-refractivity contribution < 1.29 is 28.0 Å². The van der Waals surface area contributed by atoms with Crippen LogP contribution in [-0.4, -0.2) is 49.2 Å². The van der Waals surface area contributed by atoms with Crippen LogP contribution in [0.5, 0.6) is 11.5 Å². The summed E-state index contributed by atoms with van der Waals surface area (Å²) in [5.74, 6) is -0.206. The van der Waals surface area contributed by atoms with E-state index < -0.39 is 26.9 Å². The molecule has 1 aromatic heterocycles. The van der Waals surface area contributed by atoms with Gasteiger partial charge in [-0.2, -0.15) is 0 Å². The van der Waals surface area contributed by atoms with Gasteiger partial charge in [0.1, 0.15) is 16.2 Å². The van der Waals surface area contributed by atoms with Crippen molar-refractivity contribution in [3.05, 3.63) is 82.6 Å². The molecule has 0 radical (unpaired) electrons. The molecule has 1 aliphatic rings. The average molecular weight is 501 g/mol. The van der Waals surface area contributed by atoms with Crippen LogP contribution in [0.15, 0.2) is 72.1 Å². The van der Waals surface area contributed by atoms with Gasteiger partial charge in [-0.05, 0) is 47.7 Å². The first-order valence-electron chi connectivity index (χ1n) is 10.7. The number of rotatable bonds is 6. The van der Waals surface area contributed by atoms with Gasteiger partial charge in [0.05, 0.1) is 17.1 Å². The second-order valence-electron chi connectivity index (χ2n) is 7.98. The van der Waals surface area contributed by atoms with Gasteiger partial charge in [0.25, 0.3) is 5.91 Å². The quantitative estimate of drug-likeness (QED) is 0.395. The fourth-order valence-electron chi connectivity index (χ4n) is 4.14. The van der Waals surface area contributed by atoms with Crippen LogP contribution < -0.4 is 10.2 Å². The normalized spacial score (nSPS) is 19.7. The molecule has 34 heavy (non-hydrogen) atoms. The van der Waals surface area contributed by atoms with Gasteiger partial charge in [-0.15, -0.1) is 11.3 Å². The van der Waals surface area contributed by atoms with Gasteiger partial charge in [0, 0.05) is 13.1 Å². The highest BCUT2D eigenvalue weighted by Crippen LogP contribution is 2.41. The third-order valence-electron chi connectivity index (χ3n) is 5.96. The van der Waals surface area contributed by atoms with Crippen molar-refractivity contribution in [1.82, 2.24) is 10.4 Å². The number of para-hydroxylation sites is 1. The number of carbonyl (C=O) groups is 2. The van der Waals surface area contributed by atoms with Crippen molar-refractivity contribution in [2.45, 2.75) is 17.6 Å². The minimum atomic E-state index is -3.89. The lowest BCUT2D eigenvalue weighted by molar-refractivity contribution is -0.130. The topological polar surface area (TPSA) is 113 Å². The number of amides is 2. The lowest BCUT2D eigenvalue weighted by Crippen LogP contribution is -2.42. The van der Waals surface area contributed by atoms with E-state index in [2.05, 4.69) is 0 Å². The minimum absolute atomic E-state index is 0.0127. The molecule has 1 aliphatic heterocycles. The van der Waals surface area contributed by atoms with Gasteiger partial charge in [-0.25, -0.2) is 13.9 Å². The molecule has 1 fully saturated rings. The highest BCUT2D eigenvalue weighted by molar-refractivity contribution is 7.92.